The molecule has 0 aliphatic carbocycles. The maximum atomic E-state index is 13.1. The molecule has 0 saturated heterocycles. The number of amides is 2. The van der Waals surface area contributed by atoms with Crippen LogP contribution in [0.2, 0.25) is 0 Å². The summed E-state index contributed by atoms with van der Waals surface area (Å²) >= 11 is 0. The SMILES string of the molecule is CN1C(=O)c2c(c(-c3ccccc3)c3ccccc3c2-c2ccccc2)C1=O. The Morgan fingerprint density at radius 2 is 0.857 bits per heavy atom. The third-order valence-corrected chi connectivity index (χ3v) is 5.38. The minimum absolute atomic E-state index is 0.248. The molecule has 0 bridgehead atoms. The average Bonchev–Trinajstić information content (AvgIpc) is 2.97. The molecule has 3 heteroatoms. The van der Waals surface area contributed by atoms with Crippen LogP contribution < -0.4 is 0 Å². The quantitative estimate of drug-likeness (QED) is 0.447. The molecule has 3 nitrogen and oxygen atoms in total. The van der Waals surface area contributed by atoms with Gasteiger partial charge in [-0.2, -0.15) is 0 Å². The van der Waals surface area contributed by atoms with Crippen LogP contribution in [0.3, 0.4) is 0 Å². The maximum absolute atomic E-state index is 13.1. The number of imide groups is 1. The molecule has 4 aromatic rings. The second-order valence-corrected chi connectivity index (χ2v) is 6.95. The van der Waals surface area contributed by atoms with Crippen molar-refractivity contribution >= 4 is 22.6 Å². The molecule has 0 aromatic heterocycles. The molecule has 0 saturated carbocycles. The summed E-state index contributed by atoms with van der Waals surface area (Å²) in [7, 11) is 1.55. The van der Waals surface area contributed by atoms with E-state index in [1.165, 1.54) is 4.90 Å². The van der Waals surface area contributed by atoms with Crippen LogP contribution in [0, 0.1) is 0 Å². The van der Waals surface area contributed by atoms with Crippen molar-refractivity contribution in [3.8, 4) is 22.3 Å². The van der Waals surface area contributed by atoms with Crippen LogP contribution in [-0.2, 0) is 0 Å². The van der Waals surface area contributed by atoms with Crippen LogP contribution in [-0.4, -0.2) is 23.8 Å². The summed E-state index contributed by atoms with van der Waals surface area (Å²) in [5, 5.41) is 1.95. The smallest absolute Gasteiger partial charge is 0.261 e. The molecular formula is C25H17NO2. The van der Waals surface area contributed by atoms with E-state index in [4.69, 9.17) is 0 Å². The predicted molar refractivity (Wildman–Crippen MR) is 111 cm³/mol. The van der Waals surface area contributed by atoms with Crippen LogP contribution in [0.15, 0.2) is 84.9 Å². The standard InChI is InChI=1S/C25H17NO2/c1-26-24(27)22-20(16-10-4-2-5-11-16)18-14-8-9-15-19(18)21(23(22)25(26)28)17-12-6-3-7-13-17/h2-15H,1H3. The van der Waals surface area contributed by atoms with E-state index in [1.54, 1.807) is 7.05 Å². The molecule has 1 aliphatic rings. The van der Waals surface area contributed by atoms with Gasteiger partial charge in [0.2, 0.25) is 0 Å². The van der Waals surface area contributed by atoms with Gasteiger partial charge in [-0.25, -0.2) is 0 Å². The molecule has 1 heterocycles. The Morgan fingerprint density at radius 1 is 0.500 bits per heavy atom. The van der Waals surface area contributed by atoms with Gasteiger partial charge in [-0.3, -0.25) is 14.5 Å². The highest BCUT2D eigenvalue weighted by molar-refractivity contribution is 6.31. The molecule has 1 aliphatic heterocycles. The number of fused-ring (bicyclic) bond motifs is 2. The first-order valence-corrected chi connectivity index (χ1v) is 9.20. The highest BCUT2D eigenvalue weighted by Crippen LogP contribution is 2.45. The minimum atomic E-state index is -0.248. The molecule has 28 heavy (non-hydrogen) atoms. The number of nitrogens with zero attached hydrogens (tertiary/aromatic N) is 1. The van der Waals surface area contributed by atoms with Crippen molar-refractivity contribution in [3.05, 3.63) is 96.1 Å². The Labute approximate surface area is 162 Å². The van der Waals surface area contributed by atoms with Crippen LogP contribution in [0.1, 0.15) is 20.7 Å². The Hall–Kier alpha value is -3.72. The fourth-order valence-electron chi connectivity index (χ4n) is 4.10. The summed E-state index contributed by atoms with van der Waals surface area (Å²) in [6.07, 6.45) is 0. The Morgan fingerprint density at radius 3 is 1.25 bits per heavy atom. The van der Waals surface area contributed by atoms with E-state index in [2.05, 4.69) is 0 Å². The molecular weight excluding hydrogens is 346 g/mol. The zero-order valence-electron chi connectivity index (χ0n) is 15.3. The predicted octanol–water partition coefficient (Wildman–Crippen LogP) is 5.40. The van der Waals surface area contributed by atoms with Crippen LogP contribution >= 0.6 is 0 Å². The summed E-state index contributed by atoms with van der Waals surface area (Å²) in [6, 6.07) is 27.6. The molecule has 0 spiro atoms. The van der Waals surface area contributed by atoms with Crippen molar-refractivity contribution in [3.63, 3.8) is 0 Å². The van der Waals surface area contributed by atoms with Crippen molar-refractivity contribution in [2.45, 2.75) is 0 Å². The van der Waals surface area contributed by atoms with Crippen molar-refractivity contribution in [2.24, 2.45) is 0 Å². The molecule has 0 atom stereocenters. The molecule has 0 radical (unpaired) electrons. The van der Waals surface area contributed by atoms with Crippen molar-refractivity contribution in [1.29, 1.82) is 0 Å². The Bertz CT molecular complexity index is 1150. The second-order valence-electron chi connectivity index (χ2n) is 6.95. The van der Waals surface area contributed by atoms with Gasteiger partial charge < -0.3 is 0 Å². The zero-order chi connectivity index (χ0) is 19.3. The molecule has 134 valence electrons. The fraction of sp³-hybridized carbons (Fsp3) is 0.0400. The first-order valence-electron chi connectivity index (χ1n) is 9.20. The topological polar surface area (TPSA) is 37.4 Å². The van der Waals surface area contributed by atoms with E-state index in [9.17, 15) is 9.59 Å². The van der Waals surface area contributed by atoms with Crippen LogP contribution in [0.5, 0.6) is 0 Å². The number of benzene rings is 4. The molecule has 5 rings (SSSR count). The summed E-state index contributed by atoms with van der Waals surface area (Å²) in [6.45, 7) is 0. The van der Waals surface area contributed by atoms with Gasteiger partial charge in [-0.15, -0.1) is 0 Å². The number of hydrogen-bond acceptors (Lipinski definition) is 2. The van der Waals surface area contributed by atoms with E-state index >= 15 is 0 Å². The van der Waals surface area contributed by atoms with E-state index < -0.39 is 0 Å². The lowest BCUT2D eigenvalue weighted by Crippen LogP contribution is -2.24. The van der Waals surface area contributed by atoms with E-state index in [1.807, 2.05) is 84.9 Å². The number of hydrogen-bond donors (Lipinski definition) is 0. The summed E-state index contributed by atoms with van der Waals surface area (Å²) < 4.78 is 0. The molecule has 0 unspecified atom stereocenters. The van der Waals surface area contributed by atoms with Gasteiger partial charge in [0.25, 0.3) is 11.8 Å². The number of carbonyl (C=O) groups is 2. The van der Waals surface area contributed by atoms with Gasteiger partial charge in [0.05, 0.1) is 11.1 Å². The van der Waals surface area contributed by atoms with Gasteiger partial charge in [0.15, 0.2) is 0 Å². The first kappa shape index (κ1) is 16.5. The maximum Gasteiger partial charge on any atom is 0.261 e. The van der Waals surface area contributed by atoms with Crippen LogP contribution in [0.4, 0.5) is 0 Å². The zero-order valence-corrected chi connectivity index (χ0v) is 15.3. The fourth-order valence-corrected chi connectivity index (χ4v) is 4.10. The van der Waals surface area contributed by atoms with E-state index in [0.29, 0.717) is 11.1 Å². The Kier molecular flexibility index (Phi) is 3.63. The van der Waals surface area contributed by atoms with Crippen molar-refractivity contribution in [1.82, 2.24) is 4.90 Å². The third-order valence-electron chi connectivity index (χ3n) is 5.38. The van der Waals surface area contributed by atoms with Crippen molar-refractivity contribution < 1.29 is 9.59 Å². The monoisotopic (exact) mass is 363 g/mol. The Balaban J connectivity index is 2.02. The van der Waals surface area contributed by atoms with Crippen molar-refractivity contribution in [2.75, 3.05) is 7.05 Å². The van der Waals surface area contributed by atoms with Gasteiger partial charge in [0.1, 0.15) is 0 Å². The van der Waals surface area contributed by atoms with Gasteiger partial charge in [-0.05, 0) is 21.9 Å². The largest absolute Gasteiger partial charge is 0.277 e. The first-order chi connectivity index (χ1) is 13.7. The van der Waals surface area contributed by atoms with Crippen LogP contribution in [0.25, 0.3) is 33.0 Å². The second kappa shape index (κ2) is 6.17. The lowest BCUT2D eigenvalue weighted by atomic mass is 9.84. The third kappa shape index (κ3) is 2.23. The lowest BCUT2D eigenvalue weighted by molar-refractivity contribution is 0.0693. The summed E-state index contributed by atoms with van der Waals surface area (Å²) in [4.78, 5) is 27.5. The van der Waals surface area contributed by atoms with E-state index in [-0.39, 0.29) is 11.8 Å². The highest BCUT2D eigenvalue weighted by atomic mass is 16.2. The van der Waals surface area contributed by atoms with Gasteiger partial charge in [0, 0.05) is 18.2 Å². The lowest BCUT2D eigenvalue weighted by Gasteiger charge is -2.16. The normalized spacial score (nSPS) is 13.2. The average molecular weight is 363 g/mol. The number of carbonyl (C=O) groups excluding carboxylic acids is 2. The van der Waals surface area contributed by atoms with Gasteiger partial charge in [-0.1, -0.05) is 84.9 Å². The molecule has 0 fully saturated rings. The molecule has 4 aromatic carbocycles. The van der Waals surface area contributed by atoms with Gasteiger partial charge >= 0.3 is 0 Å². The summed E-state index contributed by atoms with van der Waals surface area (Å²) in [5.74, 6) is -0.497. The minimum Gasteiger partial charge on any atom is -0.277 e. The number of rotatable bonds is 2. The molecule has 0 N–H and O–H groups in total. The summed E-state index contributed by atoms with van der Waals surface area (Å²) in [5.41, 5.74) is 4.52. The van der Waals surface area contributed by atoms with E-state index in [0.717, 1.165) is 33.0 Å². The highest BCUT2D eigenvalue weighted by Gasteiger charge is 2.39. The molecule has 2 amide bonds.